The van der Waals surface area contributed by atoms with Crippen LogP contribution in [0, 0.1) is 6.92 Å². The van der Waals surface area contributed by atoms with Crippen molar-refractivity contribution in [1.82, 2.24) is 20.2 Å². The molecule has 2 N–H and O–H groups in total. The molecule has 0 fully saturated rings. The number of rotatable bonds is 5. The van der Waals surface area contributed by atoms with Gasteiger partial charge in [0.15, 0.2) is 0 Å². The van der Waals surface area contributed by atoms with Crippen LogP contribution in [0.3, 0.4) is 0 Å². The van der Waals surface area contributed by atoms with E-state index in [9.17, 15) is 0 Å². The van der Waals surface area contributed by atoms with Crippen molar-refractivity contribution in [2.45, 2.75) is 20.1 Å². The number of thiophene rings is 1. The van der Waals surface area contributed by atoms with Gasteiger partial charge in [0.1, 0.15) is 16.5 Å². The Balaban J connectivity index is 1.77. The van der Waals surface area contributed by atoms with E-state index >= 15 is 0 Å². The predicted molar refractivity (Wildman–Crippen MR) is 78.8 cm³/mol. The van der Waals surface area contributed by atoms with Crippen LogP contribution in [0.4, 0.5) is 5.82 Å². The molecule has 0 unspecified atom stereocenters. The lowest BCUT2D eigenvalue weighted by Gasteiger charge is -2.06. The predicted octanol–water partition coefficient (Wildman–Crippen LogP) is 2.48. The lowest BCUT2D eigenvalue weighted by molar-refractivity contribution is 0.181. The molecule has 3 heterocycles. The van der Waals surface area contributed by atoms with Crippen molar-refractivity contribution in [2.75, 3.05) is 12.4 Å². The fourth-order valence-electron chi connectivity index (χ4n) is 2.00. The SMILES string of the molecule is COCc1cc(CNc2nc(C)nc3sccc23)[nH]n1. The number of nitrogens with one attached hydrogen (secondary N) is 2. The van der Waals surface area contributed by atoms with Crippen molar-refractivity contribution < 1.29 is 4.74 Å². The van der Waals surface area contributed by atoms with E-state index in [1.165, 1.54) is 0 Å². The number of hydrogen-bond donors (Lipinski definition) is 2. The van der Waals surface area contributed by atoms with E-state index in [2.05, 4.69) is 25.5 Å². The van der Waals surface area contributed by atoms with E-state index in [0.717, 1.165) is 33.2 Å². The summed E-state index contributed by atoms with van der Waals surface area (Å²) in [5, 5.41) is 13.6. The van der Waals surface area contributed by atoms with Crippen LogP contribution in [-0.4, -0.2) is 27.3 Å². The average Bonchev–Trinajstić information content (AvgIpc) is 3.05. The van der Waals surface area contributed by atoms with Crippen LogP contribution in [0.2, 0.25) is 0 Å². The van der Waals surface area contributed by atoms with Gasteiger partial charge in [0.2, 0.25) is 0 Å². The minimum Gasteiger partial charge on any atom is -0.378 e. The Hall–Kier alpha value is -1.99. The van der Waals surface area contributed by atoms with Crippen molar-refractivity contribution in [1.29, 1.82) is 0 Å². The maximum atomic E-state index is 5.04. The summed E-state index contributed by atoms with van der Waals surface area (Å²) in [6.45, 7) is 3.05. The number of hydrogen-bond acceptors (Lipinski definition) is 6. The number of aryl methyl sites for hydroxylation is 1. The fourth-order valence-corrected chi connectivity index (χ4v) is 2.81. The highest BCUT2D eigenvalue weighted by Crippen LogP contribution is 2.25. The molecule has 0 saturated heterocycles. The quantitative estimate of drug-likeness (QED) is 0.754. The third-order valence-electron chi connectivity index (χ3n) is 2.86. The third kappa shape index (κ3) is 2.63. The van der Waals surface area contributed by atoms with Gasteiger partial charge in [0.25, 0.3) is 0 Å². The molecule has 6 nitrogen and oxygen atoms in total. The Morgan fingerprint density at radius 1 is 1.40 bits per heavy atom. The molecule has 3 aromatic heterocycles. The Morgan fingerprint density at radius 2 is 2.30 bits per heavy atom. The monoisotopic (exact) mass is 289 g/mol. The first-order valence-corrected chi connectivity index (χ1v) is 7.12. The van der Waals surface area contributed by atoms with Crippen molar-refractivity contribution in [2.24, 2.45) is 0 Å². The van der Waals surface area contributed by atoms with Gasteiger partial charge in [-0.2, -0.15) is 5.10 Å². The summed E-state index contributed by atoms with van der Waals surface area (Å²) >= 11 is 1.62. The Bertz CT molecular complexity index is 720. The third-order valence-corrected chi connectivity index (χ3v) is 3.67. The molecule has 0 bridgehead atoms. The highest BCUT2D eigenvalue weighted by molar-refractivity contribution is 7.16. The maximum absolute atomic E-state index is 5.04. The second kappa shape index (κ2) is 5.56. The van der Waals surface area contributed by atoms with Crippen molar-refractivity contribution in [3.63, 3.8) is 0 Å². The molecule has 0 saturated carbocycles. The maximum Gasteiger partial charge on any atom is 0.138 e. The molecule has 0 aliphatic heterocycles. The van der Waals surface area contributed by atoms with E-state index < -0.39 is 0 Å². The van der Waals surface area contributed by atoms with Crippen LogP contribution < -0.4 is 5.32 Å². The topological polar surface area (TPSA) is 75.7 Å². The number of aromatic nitrogens is 4. The molecular weight excluding hydrogens is 274 g/mol. The van der Waals surface area contributed by atoms with Crippen LogP contribution in [-0.2, 0) is 17.9 Å². The zero-order valence-electron chi connectivity index (χ0n) is 11.3. The molecule has 0 spiro atoms. The van der Waals surface area contributed by atoms with Crippen LogP contribution in [0.1, 0.15) is 17.2 Å². The number of H-pyrrole nitrogens is 1. The minimum atomic E-state index is 0.512. The van der Waals surface area contributed by atoms with Crippen molar-refractivity contribution in [3.05, 3.63) is 34.7 Å². The number of ether oxygens (including phenoxy) is 1. The van der Waals surface area contributed by atoms with Gasteiger partial charge in [-0.25, -0.2) is 9.97 Å². The van der Waals surface area contributed by atoms with Gasteiger partial charge >= 0.3 is 0 Å². The smallest absolute Gasteiger partial charge is 0.138 e. The number of anilines is 1. The van der Waals surface area contributed by atoms with Crippen LogP contribution in [0.25, 0.3) is 10.2 Å². The summed E-state index contributed by atoms with van der Waals surface area (Å²) in [4.78, 5) is 9.87. The first-order chi connectivity index (χ1) is 9.76. The highest BCUT2D eigenvalue weighted by Gasteiger charge is 2.07. The van der Waals surface area contributed by atoms with Gasteiger partial charge in [-0.15, -0.1) is 11.3 Å². The normalized spacial score (nSPS) is 11.1. The van der Waals surface area contributed by atoms with Gasteiger partial charge in [0, 0.05) is 7.11 Å². The van der Waals surface area contributed by atoms with E-state index in [1.807, 2.05) is 24.4 Å². The van der Waals surface area contributed by atoms with Crippen LogP contribution in [0.5, 0.6) is 0 Å². The molecule has 0 atom stereocenters. The molecule has 0 aromatic carbocycles. The number of aromatic amines is 1. The molecule has 0 radical (unpaired) electrons. The summed E-state index contributed by atoms with van der Waals surface area (Å²) in [5.74, 6) is 1.63. The lowest BCUT2D eigenvalue weighted by Crippen LogP contribution is -2.03. The molecule has 104 valence electrons. The minimum absolute atomic E-state index is 0.512. The van der Waals surface area contributed by atoms with Crippen molar-refractivity contribution in [3.8, 4) is 0 Å². The van der Waals surface area contributed by atoms with E-state index in [-0.39, 0.29) is 0 Å². The summed E-state index contributed by atoms with van der Waals surface area (Å²) in [5.41, 5.74) is 1.89. The highest BCUT2D eigenvalue weighted by atomic mass is 32.1. The summed E-state index contributed by atoms with van der Waals surface area (Å²) in [7, 11) is 1.66. The molecule has 20 heavy (non-hydrogen) atoms. The van der Waals surface area contributed by atoms with Gasteiger partial charge < -0.3 is 10.1 Å². The zero-order chi connectivity index (χ0) is 13.9. The van der Waals surface area contributed by atoms with E-state index in [1.54, 1.807) is 18.4 Å². The second-order valence-corrected chi connectivity index (χ2v) is 5.32. The number of fused-ring (bicyclic) bond motifs is 1. The molecule has 7 heteroatoms. The average molecular weight is 289 g/mol. The second-order valence-electron chi connectivity index (χ2n) is 4.43. The molecule has 3 rings (SSSR count). The standard InChI is InChI=1S/C13H15N5OS/c1-8-15-12(11-3-4-20-13(11)16-8)14-6-9-5-10(7-19-2)18-17-9/h3-5H,6-7H2,1-2H3,(H,17,18)(H,14,15,16). The zero-order valence-corrected chi connectivity index (χ0v) is 12.1. The first-order valence-electron chi connectivity index (χ1n) is 6.24. The Morgan fingerprint density at radius 3 is 3.15 bits per heavy atom. The Labute approximate surface area is 120 Å². The number of methoxy groups -OCH3 is 1. The fraction of sp³-hybridized carbons (Fsp3) is 0.308. The lowest BCUT2D eigenvalue weighted by atomic mass is 10.3. The van der Waals surface area contributed by atoms with Gasteiger partial charge in [-0.05, 0) is 24.4 Å². The summed E-state index contributed by atoms with van der Waals surface area (Å²) in [6, 6.07) is 4.01. The largest absolute Gasteiger partial charge is 0.378 e. The first kappa shape index (κ1) is 13.0. The van der Waals surface area contributed by atoms with Gasteiger partial charge in [-0.1, -0.05) is 0 Å². The molecule has 3 aromatic rings. The van der Waals surface area contributed by atoms with Crippen molar-refractivity contribution >= 4 is 27.4 Å². The molecule has 0 aliphatic carbocycles. The van der Waals surface area contributed by atoms with Gasteiger partial charge in [0.05, 0.1) is 29.9 Å². The van der Waals surface area contributed by atoms with E-state index in [0.29, 0.717) is 13.2 Å². The van der Waals surface area contributed by atoms with Crippen LogP contribution >= 0.6 is 11.3 Å². The Kier molecular flexibility index (Phi) is 3.62. The number of nitrogens with zero attached hydrogens (tertiary/aromatic N) is 3. The molecular formula is C13H15N5OS. The van der Waals surface area contributed by atoms with Gasteiger partial charge in [-0.3, -0.25) is 5.10 Å². The molecule has 0 amide bonds. The summed E-state index contributed by atoms with van der Waals surface area (Å²) < 4.78 is 5.04. The molecule has 0 aliphatic rings. The van der Waals surface area contributed by atoms with E-state index in [4.69, 9.17) is 4.74 Å². The summed E-state index contributed by atoms with van der Waals surface area (Å²) in [6.07, 6.45) is 0. The van der Waals surface area contributed by atoms with Crippen LogP contribution in [0.15, 0.2) is 17.5 Å².